The average molecular weight is 373 g/mol. The van der Waals surface area contributed by atoms with Crippen molar-refractivity contribution >= 4 is 21.6 Å². The maximum Gasteiger partial charge on any atom is 0.243 e. The van der Waals surface area contributed by atoms with E-state index >= 15 is 0 Å². The fraction of sp³-hybridized carbons (Fsp3) is 0.316. The highest BCUT2D eigenvalue weighted by Gasteiger charge is 2.28. The van der Waals surface area contributed by atoms with Gasteiger partial charge >= 0.3 is 0 Å². The second kappa shape index (κ2) is 7.57. The molecule has 0 bridgehead atoms. The molecule has 1 heterocycles. The van der Waals surface area contributed by atoms with Gasteiger partial charge in [0.25, 0.3) is 0 Å². The maximum absolute atomic E-state index is 13.2. The zero-order chi connectivity index (χ0) is 18.7. The quantitative estimate of drug-likeness (QED) is 0.836. The van der Waals surface area contributed by atoms with Gasteiger partial charge in [-0.15, -0.1) is 0 Å². The molecule has 0 radical (unpaired) electrons. The summed E-state index contributed by atoms with van der Waals surface area (Å²) in [5.41, 5.74) is 8.23. The number of carbonyl (C=O) groups excluding carboxylic acids is 1. The van der Waals surface area contributed by atoms with Crippen molar-refractivity contribution in [3.63, 3.8) is 0 Å². The lowest BCUT2D eigenvalue weighted by molar-refractivity contribution is -0.116. The summed E-state index contributed by atoms with van der Waals surface area (Å²) in [5, 5.41) is 0. The van der Waals surface area contributed by atoms with Gasteiger partial charge in [0.05, 0.1) is 4.90 Å². The smallest absolute Gasteiger partial charge is 0.243 e. The molecule has 2 aromatic carbocycles. The first-order valence-corrected chi connectivity index (χ1v) is 10.0. The number of carbonyl (C=O) groups is 1. The topological polar surface area (TPSA) is 83.7 Å². The highest BCUT2D eigenvalue weighted by molar-refractivity contribution is 7.89. The molecule has 6 nitrogen and oxygen atoms in total. The standard InChI is InChI=1S/C19H23N3O3S/c1-15(23)22-11-9-17-7-8-18(13-19(17)22)26(24,25)21(12-10-20)14-16-5-3-2-4-6-16/h2-8,13H,9-12,14,20H2,1H3. The lowest BCUT2D eigenvalue weighted by Crippen LogP contribution is -2.35. The Hall–Kier alpha value is -2.22. The molecular formula is C19H23N3O3S. The van der Waals surface area contributed by atoms with E-state index in [0.29, 0.717) is 12.2 Å². The van der Waals surface area contributed by atoms with Gasteiger partial charge in [0.15, 0.2) is 0 Å². The Bertz CT molecular complexity index is 898. The monoisotopic (exact) mass is 373 g/mol. The van der Waals surface area contributed by atoms with Crippen LogP contribution in [0.4, 0.5) is 5.69 Å². The Labute approximate surface area is 154 Å². The van der Waals surface area contributed by atoms with Gasteiger partial charge in [-0.05, 0) is 29.7 Å². The van der Waals surface area contributed by atoms with Crippen LogP contribution >= 0.6 is 0 Å². The van der Waals surface area contributed by atoms with Gasteiger partial charge < -0.3 is 10.6 Å². The van der Waals surface area contributed by atoms with Crippen molar-refractivity contribution in [2.75, 3.05) is 24.5 Å². The third kappa shape index (κ3) is 3.65. The summed E-state index contributed by atoms with van der Waals surface area (Å²) in [6, 6.07) is 14.4. The van der Waals surface area contributed by atoms with E-state index in [2.05, 4.69) is 0 Å². The lowest BCUT2D eigenvalue weighted by Gasteiger charge is -2.23. The predicted molar refractivity (Wildman–Crippen MR) is 101 cm³/mol. The van der Waals surface area contributed by atoms with Gasteiger partial charge in [0.2, 0.25) is 15.9 Å². The van der Waals surface area contributed by atoms with Crippen LogP contribution in [0.25, 0.3) is 0 Å². The third-order valence-electron chi connectivity index (χ3n) is 4.55. The van der Waals surface area contributed by atoms with Crippen LogP contribution in [-0.2, 0) is 27.8 Å². The molecule has 7 heteroatoms. The highest BCUT2D eigenvalue weighted by Crippen LogP contribution is 2.31. The number of sulfonamides is 1. The lowest BCUT2D eigenvalue weighted by atomic mass is 10.2. The molecule has 0 aromatic heterocycles. The number of anilines is 1. The minimum atomic E-state index is -3.72. The SMILES string of the molecule is CC(=O)N1CCc2ccc(S(=O)(=O)N(CCN)Cc3ccccc3)cc21. The Morgan fingerprint density at radius 3 is 2.58 bits per heavy atom. The summed E-state index contributed by atoms with van der Waals surface area (Å²) >= 11 is 0. The van der Waals surface area contributed by atoms with Crippen LogP contribution < -0.4 is 10.6 Å². The fourth-order valence-electron chi connectivity index (χ4n) is 3.21. The first-order valence-electron chi connectivity index (χ1n) is 8.58. The number of nitrogens with two attached hydrogens (primary N) is 1. The minimum absolute atomic E-state index is 0.0820. The maximum atomic E-state index is 13.2. The van der Waals surface area contributed by atoms with Gasteiger partial charge in [-0.2, -0.15) is 4.31 Å². The Balaban J connectivity index is 1.95. The highest BCUT2D eigenvalue weighted by atomic mass is 32.2. The van der Waals surface area contributed by atoms with Crippen molar-refractivity contribution < 1.29 is 13.2 Å². The number of benzene rings is 2. The van der Waals surface area contributed by atoms with Crippen molar-refractivity contribution in [2.45, 2.75) is 24.8 Å². The van der Waals surface area contributed by atoms with Gasteiger partial charge in [0, 0.05) is 38.8 Å². The molecular weight excluding hydrogens is 350 g/mol. The number of hydrogen-bond acceptors (Lipinski definition) is 4. The van der Waals surface area contributed by atoms with Gasteiger partial charge in [-0.25, -0.2) is 8.42 Å². The molecule has 0 spiro atoms. The molecule has 26 heavy (non-hydrogen) atoms. The van der Waals surface area contributed by atoms with Crippen LogP contribution in [0, 0.1) is 0 Å². The molecule has 1 aliphatic rings. The predicted octanol–water partition coefficient (Wildman–Crippen LogP) is 1.75. The van der Waals surface area contributed by atoms with E-state index in [1.807, 2.05) is 30.3 Å². The molecule has 0 saturated carbocycles. The summed E-state index contributed by atoms with van der Waals surface area (Å²) < 4.78 is 27.7. The largest absolute Gasteiger partial charge is 0.329 e. The number of nitrogens with zero attached hydrogens (tertiary/aromatic N) is 2. The Morgan fingerprint density at radius 2 is 1.92 bits per heavy atom. The van der Waals surface area contributed by atoms with Gasteiger partial charge in [-0.1, -0.05) is 36.4 Å². The third-order valence-corrected chi connectivity index (χ3v) is 6.39. The summed E-state index contributed by atoms with van der Waals surface area (Å²) in [5.74, 6) is -0.0820. The van der Waals surface area contributed by atoms with Crippen molar-refractivity contribution in [3.8, 4) is 0 Å². The Morgan fingerprint density at radius 1 is 1.19 bits per heavy atom. The molecule has 138 valence electrons. The Kier molecular flexibility index (Phi) is 5.41. The van der Waals surface area contributed by atoms with Gasteiger partial charge in [-0.3, -0.25) is 4.79 Å². The van der Waals surface area contributed by atoms with Crippen LogP contribution in [0.3, 0.4) is 0 Å². The molecule has 0 unspecified atom stereocenters. The van der Waals surface area contributed by atoms with Crippen molar-refractivity contribution in [1.29, 1.82) is 0 Å². The molecule has 0 atom stereocenters. The van der Waals surface area contributed by atoms with Crippen molar-refractivity contribution in [2.24, 2.45) is 5.73 Å². The zero-order valence-electron chi connectivity index (χ0n) is 14.8. The van der Waals surface area contributed by atoms with E-state index in [1.54, 1.807) is 23.1 Å². The van der Waals surface area contributed by atoms with Crippen molar-refractivity contribution in [1.82, 2.24) is 4.31 Å². The minimum Gasteiger partial charge on any atom is -0.329 e. The van der Waals surface area contributed by atoms with Crippen LogP contribution in [0.1, 0.15) is 18.1 Å². The molecule has 3 rings (SSSR count). The number of fused-ring (bicyclic) bond motifs is 1. The summed E-state index contributed by atoms with van der Waals surface area (Å²) in [6.45, 7) is 2.80. The van der Waals surface area contributed by atoms with E-state index in [1.165, 1.54) is 11.2 Å². The van der Waals surface area contributed by atoms with E-state index in [4.69, 9.17) is 5.73 Å². The molecule has 0 aliphatic carbocycles. The molecule has 0 fully saturated rings. The zero-order valence-corrected chi connectivity index (χ0v) is 15.6. The summed E-state index contributed by atoms with van der Waals surface area (Å²) in [4.78, 5) is 13.6. The molecule has 2 N–H and O–H groups in total. The first kappa shape index (κ1) is 18.6. The fourth-order valence-corrected chi connectivity index (χ4v) is 4.67. The summed E-state index contributed by atoms with van der Waals surface area (Å²) in [6.07, 6.45) is 0.742. The van der Waals surface area contributed by atoms with Crippen LogP contribution in [0.5, 0.6) is 0 Å². The normalized spacial score (nSPS) is 13.9. The molecule has 0 saturated heterocycles. The van der Waals surface area contributed by atoms with Crippen LogP contribution in [-0.4, -0.2) is 38.3 Å². The average Bonchev–Trinajstić information content (AvgIpc) is 3.05. The number of hydrogen-bond donors (Lipinski definition) is 1. The first-order chi connectivity index (χ1) is 12.4. The van der Waals surface area contributed by atoms with E-state index in [-0.39, 0.29) is 30.4 Å². The molecule has 1 amide bonds. The van der Waals surface area contributed by atoms with Crippen LogP contribution in [0.2, 0.25) is 0 Å². The number of rotatable bonds is 6. The van der Waals surface area contributed by atoms with E-state index in [0.717, 1.165) is 17.5 Å². The second-order valence-corrected chi connectivity index (χ2v) is 8.26. The van der Waals surface area contributed by atoms with Crippen LogP contribution in [0.15, 0.2) is 53.4 Å². The molecule has 1 aliphatic heterocycles. The van der Waals surface area contributed by atoms with Crippen molar-refractivity contribution in [3.05, 3.63) is 59.7 Å². The molecule has 2 aromatic rings. The van der Waals surface area contributed by atoms with Gasteiger partial charge in [0.1, 0.15) is 0 Å². The van der Waals surface area contributed by atoms with E-state index < -0.39 is 10.0 Å². The van der Waals surface area contributed by atoms with E-state index in [9.17, 15) is 13.2 Å². The summed E-state index contributed by atoms with van der Waals surface area (Å²) in [7, 11) is -3.72. The number of amides is 1. The second-order valence-electron chi connectivity index (χ2n) is 6.32.